The Hall–Kier alpha value is -1.29. The summed E-state index contributed by atoms with van der Waals surface area (Å²) in [6.07, 6.45) is 0. The predicted molar refractivity (Wildman–Crippen MR) is 75.3 cm³/mol. The summed E-state index contributed by atoms with van der Waals surface area (Å²) in [5, 5.41) is 0.213. The van der Waals surface area contributed by atoms with Gasteiger partial charge in [-0.1, -0.05) is 43.8 Å². The summed E-state index contributed by atoms with van der Waals surface area (Å²) >= 11 is 1.37. The summed E-state index contributed by atoms with van der Waals surface area (Å²) in [6, 6.07) is 9.67. The largest absolute Gasteiger partial charge is 0.484 e. The molecule has 1 aliphatic heterocycles. The second-order valence-electron chi connectivity index (χ2n) is 4.86. The van der Waals surface area contributed by atoms with Crippen LogP contribution in [0.25, 0.3) is 0 Å². The van der Waals surface area contributed by atoms with E-state index in [4.69, 9.17) is 4.74 Å². The van der Waals surface area contributed by atoms with Crippen LogP contribution in [0.1, 0.15) is 13.8 Å². The van der Waals surface area contributed by atoms with E-state index < -0.39 is 5.41 Å². The molecule has 1 fully saturated rings. The van der Waals surface area contributed by atoms with Gasteiger partial charge in [0, 0.05) is 11.2 Å². The van der Waals surface area contributed by atoms with E-state index in [0.717, 1.165) is 11.4 Å². The van der Waals surface area contributed by atoms with Crippen LogP contribution in [-0.4, -0.2) is 23.9 Å². The second-order valence-corrected chi connectivity index (χ2v) is 5.86. The van der Waals surface area contributed by atoms with Gasteiger partial charge in [-0.05, 0) is 12.1 Å². The SMILES string of the molecule is COC(=Nc1ccccc1)[C@@H]1CSC(=O)C1(C)C. The Morgan fingerprint density at radius 3 is 2.56 bits per heavy atom. The number of methoxy groups -OCH3 is 1. The molecule has 0 amide bonds. The highest BCUT2D eigenvalue weighted by Gasteiger charge is 2.46. The molecule has 4 heteroatoms. The van der Waals surface area contributed by atoms with Crippen molar-refractivity contribution in [2.45, 2.75) is 13.8 Å². The molecule has 0 aliphatic carbocycles. The highest BCUT2D eigenvalue weighted by molar-refractivity contribution is 8.14. The molecule has 0 N–H and O–H groups in total. The smallest absolute Gasteiger partial charge is 0.195 e. The normalized spacial score (nSPS) is 23.2. The van der Waals surface area contributed by atoms with E-state index in [1.165, 1.54) is 11.8 Å². The van der Waals surface area contributed by atoms with Crippen molar-refractivity contribution in [3.05, 3.63) is 30.3 Å². The van der Waals surface area contributed by atoms with Crippen LogP contribution in [0.3, 0.4) is 0 Å². The highest BCUT2D eigenvalue weighted by Crippen LogP contribution is 2.43. The number of carbonyl (C=O) groups excluding carboxylic acids is 1. The van der Waals surface area contributed by atoms with Gasteiger partial charge in [0.25, 0.3) is 0 Å². The summed E-state index contributed by atoms with van der Waals surface area (Å²) in [4.78, 5) is 16.3. The molecule has 3 nitrogen and oxygen atoms in total. The van der Waals surface area contributed by atoms with Crippen LogP contribution in [0.4, 0.5) is 5.69 Å². The van der Waals surface area contributed by atoms with Crippen LogP contribution in [0, 0.1) is 11.3 Å². The zero-order chi connectivity index (χ0) is 13.2. The second kappa shape index (κ2) is 5.14. The summed E-state index contributed by atoms with van der Waals surface area (Å²) < 4.78 is 5.41. The molecule has 0 saturated carbocycles. The van der Waals surface area contributed by atoms with Gasteiger partial charge in [0.2, 0.25) is 0 Å². The van der Waals surface area contributed by atoms with E-state index in [2.05, 4.69) is 4.99 Å². The molecule has 0 spiro atoms. The molecule has 0 aromatic heterocycles. The third kappa shape index (κ3) is 2.43. The third-order valence-corrected chi connectivity index (χ3v) is 4.57. The van der Waals surface area contributed by atoms with Crippen molar-refractivity contribution in [2.75, 3.05) is 12.9 Å². The number of thioether (sulfide) groups is 1. The molecule has 1 aliphatic rings. The van der Waals surface area contributed by atoms with Gasteiger partial charge in [-0.25, -0.2) is 4.99 Å². The molecule has 0 bridgehead atoms. The van der Waals surface area contributed by atoms with Crippen LogP contribution in [0.15, 0.2) is 35.3 Å². The average molecular weight is 263 g/mol. The fraction of sp³-hybridized carbons (Fsp3) is 0.429. The number of hydrogen-bond acceptors (Lipinski definition) is 4. The van der Waals surface area contributed by atoms with E-state index in [9.17, 15) is 4.79 Å². The summed E-state index contributed by atoms with van der Waals surface area (Å²) in [7, 11) is 1.62. The van der Waals surface area contributed by atoms with E-state index >= 15 is 0 Å². The number of ether oxygens (including phenoxy) is 1. The van der Waals surface area contributed by atoms with Crippen molar-refractivity contribution in [1.82, 2.24) is 0 Å². The molecule has 1 aromatic rings. The van der Waals surface area contributed by atoms with E-state index in [-0.39, 0.29) is 11.0 Å². The Kier molecular flexibility index (Phi) is 3.76. The van der Waals surface area contributed by atoms with Gasteiger partial charge >= 0.3 is 0 Å². The van der Waals surface area contributed by atoms with Gasteiger partial charge in [-0.15, -0.1) is 0 Å². The third-order valence-electron chi connectivity index (χ3n) is 3.28. The molecule has 2 rings (SSSR count). The van der Waals surface area contributed by atoms with Gasteiger partial charge < -0.3 is 4.74 Å². The average Bonchev–Trinajstić information content (AvgIpc) is 2.63. The fourth-order valence-electron chi connectivity index (χ4n) is 1.97. The highest BCUT2D eigenvalue weighted by atomic mass is 32.2. The first-order valence-corrected chi connectivity index (χ1v) is 6.89. The fourth-order valence-corrected chi connectivity index (χ4v) is 3.36. The van der Waals surface area contributed by atoms with Crippen molar-refractivity contribution >= 4 is 28.5 Å². The first-order valence-electron chi connectivity index (χ1n) is 5.90. The molecule has 0 unspecified atom stereocenters. The van der Waals surface area contributed by atoms with Gasteiger partial charge in [-0.3, -0.25) is 4.79 Å². The maximum atomic E-state index is 11.8. The first-order chi connectivity index (χ1) is 8.55. The van der Waals surface area contributed by atoms with Crippen molar-refractivity contribution in [3.8, 4) is 0 Å². The van der Waals surface area contributed by atoms with Gasteiger partial charge in [-0.2, -0.15) is 0 Å². The molecule has 1 aromatic carbocycles. The maximum Gasteiger partial charge on any atom is 0.195 e. The van der Waals surface area contributed by atoms with E-state index in [1.54, 1.807) is 7.11 Å². The number of para-hydroxylation sites is 1. The summed E-state index contributed by atoms with van der Waals surface area (Å²) in [5.74, 6) is 1.43. The summed E-state index contributed by atoms with van der Waals surface area (Å²) in [5.41, 5.74) is 0.448. The number of rotatable bonds is 2. The van der Waals surface area contributed by atoms with Crippen molar-refractivity contribution in [1.29, 1.82) is 0 Å². The Labute approximate surface area is 112 Å². The Morgan fingerprint density at radius 2 is 2.06 bits per heavy atom. The number of benzene rings is 1. The lowest BCUT2D eigenvalue weighted by Crippen LogP contribution is -2.32. The molecule has 1 atom stereocenters. The minimum atomic E-state index is -0.408. The lowest BCUT2D eigenvalue weighted by atomic mass is 9.81. The van der Waals surface area contributed by atoms with Crippen LogP contribution in [-0.2, 0) is 9.53 Å². The van der Waals surface area contributed by atoms with Gasteiger partial charge in [0.05, 0.1) is 18.7 Å². The Morgan fingerprint density at radius 1 is 1.39 bits per heavy atom. The lowest BCUT2D eigenvalue weighted by molar-refractivity contribution is -0.118. The first kappa shape index (κ1) is 13.1. The lowest BCUT2D eigenvalue weighted by Gasteiger charge is -2.24. The Balaban J connectivity index is 2.30. The summed E-state index contributed by atoms with van der Waals surface area (Å²) in [6.45, 7) is 3.92. The van der Waals surface area contributed by atoms with Gasteiger partial charge in [0.1, 0.15) is 0 Å². The number of carbonyl (C=O) groups is 1. The van der Waals surface area contributed by atoms with Crippen LogP contribution in [0.5, 0.6) is 0 Å². The quantitative estimate of drug-likeness (QED) is 0.607. The molecule has 1 heterocycles. The topological polar surface area (TPSA) is 38.7 Å². The van der Waals surface area contributed by atoms with Crippen molar-refractivity contribution in [3.63, 3.8) is 0 Å². The minimum Gasteiger partial charge on any atom is -0.484 e. The van der Waals surface area contributed by atoms with Crippen molar-refractivity contribution in [2.24, 2.45) is 16.3 Å². The number of aliphatic imine (C=N–C) groups is 1. The molecule has 18 heavy (non-hydrogen) atoms. The molecular weight excluding hydrogens is 246 g/mol. The molecule has 96 valence electrons. The van der Waals surface area contributed by atoms with Crippen LogP contribution >= 0.6 is 11.8 Å². The zero-order valence-corrected chi connectivity index (χ0v) is 11.7. The van der Waals surface area contributed by atoms with E-state index in [0.29, 0.717) is 5.90 Å². The van der Waals surface area contributed by atoms with Crippen molar-refractivity contribution < 1.29 is 9.53 Å². The van der Waals surface area contributed by atoms with Crippen LogP contribution < -0.4 is 0 Å². The van der Waals surface area contributed by atoms with Gasteiger partial charge in [0.15, 0.2) is 11.0 Å². The molecular formula is C14H17NO2S. The van der Waals surface area contributed by atoms with E-state index in [1.807, 2.05) is 44.2 Å². The number of nitrogens with zero attached hydrogens (tertiary/aromatic N) is 1. The Bertz CT molecular complexity index is 468. The zero-order valence-electron chi connectivity index (χ0n) is 10.8. The molecule has 1 saturated heterocycles. The predicted octanol–water partition coefficient (Wildman–Crippen LogP) is 3.28. The maximum absolute atomic E-state index is 11.8. The minimum absolute atomic E-state index is 0.0419. The van der Waals surface area contributed by atoms with Crippen LogP contribution in [0.2, 0.25) is 0 Å². The molecule has 0 radical (unpaired) electrons. The standard InChI is InChI=1S/C14H17NO2S/c1-14(2)11(9-18-13(14)16)12(17-3)15-10-7-5-4-6-8-10/h4-8,11H,9H2,1-3H3/t11-/m0/s1. The number of hydrogen-bond donors (Lipinski definition) is 0. The monoisotopic (exact) mass is 263 g/mol.